The molecule has 1 aromatic carbocycles. The van der Waals surface area contributed by atoms with Gasteiger partial charge in [-0.15, -0.1) is 0 Å². The fourth-order valence-corrected chi connectivity index (χ4v) is 2.59. The number of nitrogens with one attached hydrogen (secondary N) is 1. The molecule has 0 amide bonds. The van der Waals surface area contributed by atoms with E-state index in [9.17, 15) is 0 Å². The van der Waals surface area contributed by atoms with Crippen molar-refractivity contribution in [3.05, 3.63) is 34.9 Å². The van der Waals surface area contributed by atoms with Crippen molar-refractivity contribution in [1.29, 1.82) is 0 Å². The first-order valence-electron chi connectivity index (χ1n) is 6.64. The SMILES string of the molecule is Cc1cccc(CN(C)C2CCCNC2)c1C. The third kappa shape index (κ3) is 3.08. The highest BCUT2D eigenvalue weighted by molar-refractivity contribution is 5.33. The molecule has 0 spiro atoms. The molecular formula is C15H24N2. The lowest BCUT2D eigenvalue weighted by Gasteiger charge is -2.32. The highest BCUT2D eigenvalue weighted by atomic mass is 15.2. The number of rotatable bonds is 3. The molecule has 0 radical (unpaired) electrons. The minimum atomic E-state index is 0.698. The molecule has 94 valence electrons. The Balaban J connectivity index is 2.01. The standard InChI is InChI=1S/C15H24N2/c1-12-6-4-7-14(13(12)2)11-17(3)15-8-5-9-16-10-15/h4,6-7,15-16H,5,8-11H2,1-3H3. The third-order valence-electron chi connectivity index (χ3n) is 4.03. The largest absolute Gasteiger partial charge is 0.315 e. The Kier molecular flexibility index (Phi) is 4.19. The van der Waals surface area contributed by atoms with E-state index in [1.54, 1.807) is 0 Å². The second-order valence-electron chi connectivity index (χ2n) is 5.27. The van der Waals surface area contributed by atoms with Gasteiger partial charge in [-0.1, -0.05) is 18.2 Å². The summed E-state index contributed by atoms with van der Waals surface area (Å²) in [7, 11) is 2.25. The molecule has 0 aromatic heterocycles. The third-order valence-corrected chi connectivity index (χ3v) is 4.03. The van der Waals surface area contributed by atoms with Crippen LogP contribution in [-0.2, 0) is 6.54 Å². The molecule has 0 aliphatic carbocycles. The van der Waals surface area contributed by atoms with Gasteiger partial charge in [0.25, 0.3) is 0 Å². The van der Waals surface area contributed by atoms with Gasteiger partial charge >= 0.3 is 0 Å². The number of piperidine rings is 1. The van der Waals surface area contributed by atoms with E-state index in [1.807, 2.05) is 0 Å². The normalized spacial score (nSPS) is 20.8. The fourth-order valence-electron chi connectivity index (χ4n) is 2.59. The van der Waals surface area contributed by atoms with Crippen molar-refractivity contribution >= 4 is 0 Å². The molecule has 1 aliphatic heterocycles. The zero-order chi connectivity index (χ0) is 12.3. The van der Waals surface area contributed by atoms with Crippen LogP contribution >= 0.6 is 0 Å². The second kappa shape index (κ2) is 5.65. The summed E-state index contributed by atoms with van der Waals surface area (Å²) in [6, 6.07) is 7.32. The fraction of sp³-hybridized carbons (Fsp3) is 0.600. The van der Waals surface area contributed by atoms with Crippen molar-refractivity contribution < 1.29 is 0 Å². The van der Waals surface area contributed by atoms with Gasteiger partial charge in [-0.25, -0.2) is 0 Å². The first-order valence-corrected chi connectivity index (χ1v) is 6.64. The molecule has 1 atom stereocenters. The molecule has 1 aromatic rings. The molecule has 0 bridgehead atoms. The maximum atomic E-state index is 3.49. The molecule has 1 saturated heterocycles. The van der Waals surface area contributed by atoms with E-state index < -0.39 is 0 Å². The van der Waals surface area contributed by atoms with Gasteiger partial charge < -0.3 is 5.32 Å². The summed E-state index contributed by atoms with van der Waals surface area (Å²) in [6.07, 6.45) is 2.64. The van der Waals surface area contributed by atoms with Crippen LogP contribution in [0.1, 0.15) is 29.5 Å². The topological polar surface area (TPSA) is 15.3 Å². The first-order chi connectivity index (χ1) is 8.18. The molecule has 17 heavy (non-hydrogen) atoms. The van der Waals surface area contributed by atoms with Gasteiger partial charge in [0.05, 0.1) is 0 Å². The van der Waals surface area contributed by atoms with Gasteiger partial charge in [0.1, 0.15) is 0 Å². The molecule has 2 nitrogen and oxygen atoms in total. The van der Waals surface area contributed by atoms with Gasteiger partial charge in [0, 0.05) is 19.1 Å². The van der Waals surface area contributed by atoms with E-state index >= 15 is 0 Å². The predicted molar refractivity (Wildman–Crippen MR) is 73.3 cm³/mol. The van der Waals surface area contributed by atoms with Crippen LogP contribution in [0.25, 0.3) is 0 Å². The summed E-state index contributed by atoms with van der Waals surface area (Å²) in [6.45, 7) is 7.83. The minimum absolute atomic E-state index is 0.698. The van der Waals surface area contributed by atoms with Crippen LogP contribution in [0.3, 0.4) is 0 Å². The van der Waals surface area contributed by atoms with Crippen molar-refractivity contribution in [2.45, 2.75) is 39.3 Å². The van der Waals surface area contributed by atoms with Gasteiger partial charge in [0.2, 0.25) is 0 Å². The Morgan fingerprint density at radius 1 is 1.35 bits per heavy atom. The highest BCUT2D eigenvalue weighted by Crippen LogP contribution is 2.17. The smallest absolute Gasteiger partial charge is 0.0236 e. The Morgan fingerprint density at radius 3 is 2.88 bits per heavy atom. The van der Waals surface area contributed by atoms with Crippen LogP contribution in [-0.4, -0.2) is 31.1 Å². The van der Waals surface area contributed by atoms with Crippen molar-refractivity contribution in [3.8, 4) is 0 Å². The van der Waals surface area contributed by atoms with E-state index in [-0.39, 0.29) is 0 Å². The zero-order valence-corrected chi connectivity index (χ0v) is 11.3. The molecule has 1 heterocycles. The summed E-state index contributed by atoms with van der Waals surface area (Å²) < 4.78 is 0. The van der Waals surface area contributed by atoms with Gasteiger partial charge in [-0.3, -0.25) is 4.90 Å². The molecule has 1 fully saturated rings. The minimum Gasteiger partial charge on any atom is -0.315 e. The number of benzene rings is 1. The second-order valence-corrected chi connectivity index (χ2v) is 5.27. The van der Waals surface area contributed by atoms with Gasteiger partial charge in [-0.2, -0.15) is 0 Å². The number of hydrogen-bond donors (Lipinski definition) is 1. The molecule has 1 aliphatic rings. The van der Waals surface area contributed by atoms with Crippen molar-refractivity contribution in [2.75, 3.05) is 20.1 Å². The monoisotopic (exact) mass is 232 g/mol. The number of aryl methyl sites for hydroxylation is 1. The molecule has 2 heteroatoms. The van der Waals surface area contributed by atoms with Crippen LogP contribution in [0.15, 0.2) is 18.2 Å². The number of likely N-dealkylation sites (N-methyl/N-ethyl adjacent to an activating group) is 1. The maximum Gasteiger partial charge on any atom is 0.0236 e. The van der Waals surface area contributed by atoms with Crippen LogP contribution in [0.4, 0.5) is 0 Å². The van der Waals surface area contributed by atoms with Crippen molar-refractivity contribution in [2.24, 2.45) is 0 Å². The quantitative estimate of drug-likeness (QED) is 0.861. The Hall–Kier alpha value is -0.860. The lowest BCUT2D eigenvalue weighted by molar-refractivity contribution is 0.195. The number of nitrogens with zero attached hydrogens (tertiary/aromatic N) is 1. The highest BCUT2D eigenvalue weighted by Gasteiger charge is 2.18. The van der Waals surface area contributed by atoms with E-state index in [1.165, 1.54) is 36.1 Å². The van der Waals surface area contributed by atoms with E-state index in [4.69, 9.17) is 0 Å². The summed E-state index contributed by atoms with van der Waals surface area (Å²) in [5.41, 5.74) is 4.32. The van der Waals surface area contributed by atoms with Crippen LogP contribution in [0.5, 0.6) is 0 Å². The first kappa shape index (κ1) is 12.6. The number of hydrogen-bond acceptors (Lipinski definition) is 2. The Bertz CT molecular complexity index is 367. The van der Waals surface area contributed by atoms with Gasteiger partial charge in [0.15, 0.2) is 0 Å². The van der Waals surface area contributed by atoms with E-state index in [2.05, 4.69) is 49.3 Å². The van der Waals surface area contributed by atoms with E-state index in [0.29, 0.717) is 6.04 Å². The van der Waals surface area contributed by atoms with Crippen LogP contribution in [0, 0.1) is 13.8 Å². The molecular weight excluding hydrogens is 208 g/mol. The molecule has 1 unspecified atom stereocenters. The maximum absolute atomic E-state index is 3.49. The van der Waals surface area contributed by atoms with Gasteiger partial charge in [-0.05, 0) is 57.0 Å². The average molecular weight is 232 g/mol. The summed E-state index contributed by atoms with van der Waals surface area (Å²) in [5, 5.41) is 3.49. The van der Waals surface area contributed by atoms with Crippen molar-refractivity contribution in [1.82, 2.24) is 10.2 Å². The van der Waals surface area contributed by atoms with Crippen molar-refractivity contribution in [3.63, 3.8) is 0 Å². The molecule has 2 rings (SSSR count). The Morgan fingerprint density at radius 2 is 2.18 bits per heavy atom. The lowest BCUT2D eigenvalue weighted by Crippen LogP contribution is -2.43. The zero-order valence-electron chi connectivity index (χ0n) is 11.3. The predicted octanol–water partition coefficient (Wildman–Crippen LogP) is 2.49. The van der Waals surface area contributed by atoms with Crippen LogP contribution in [0.2, 0.25) is 0 Å². The van der Waals surface area contributed by atoms with E-state index in [0.717, 1.165) is 13.1 Å². The van der Waals surface area contributed by atoms with Crippen LogP contribution < -0.4 is 5.32 Å². The molecule has 1 N–H and O–H groups in total. The lowest BCUT2D eigenvalue weighted by atomic mass is 10.0. The molecule has 0 saturated carbocycles. The summed E-state index contributed by atoms with van der Waals surface area (Å²) in [4.78, 5) is 2.49. The Labute approximate surface area is 105 Å². The summed E-state index contributed by atoms with van der Waals surface area (Å²) in [5.74, 6) is 0. The summed E-state index contributed by atoms with van der Waals surface area (Å²) >= 11 is 0. The average Bonchev–Trinajstić information content (AvgIpc) is 2.36.